The third-order valence-electron chi connectivity index (χ3n) is 8.35. The van der Waals surface area contributed by atoms with E-state index in [1.807, 2.05) is 6.07 Å². The highest BCUT2D eigenvalue weighted by molar-refractivity contribution is 5.91. The van der Waals surface area contributed by atoms with Gasteiger partial charge < -0.3 is 20.7 Å². The Morgan fingerprint density at radius 1 is 1.13 bits per heavy atom. The number of hydrogen-bond donors (Lipinski definition) is 2. The van der Waals surface area contributed by atoms with Gasteiger partial charge in [0.1, 0.15) is 23.5 Å². The number of likely N-dealkylation sites (tertiary alicyclic amines) is 2. The second kappa shape index (κ2) is 11.2. The largest absolute Gasteiger partial charge is 0.444 e. The summed E-state index contributed by atoms with van der Waals surface area (Å²) in [6.07, 6.45) is 3.76. The lowest BCUT2D eigenvalue weighted by Gasteiger charge is -2.36. The van der Waals surface area contributed by atoms with Gasteiger partial charge in [0.2, 0.25) is 11.8 Å². The lowest BCUT2D eigenvalue weighted by atomic mass is 9.88. The summed E-state index contributed by atoms with van der Waals surface area (Å²) >= 11 is 0. The Kier molecular flexibility index (Phi) is 8.35. The molecule has 38 heavy (non-hydrogen) atoms. The van der Waals surface area contributed by atoms with Gasteiger partial charge in [0, 0.05) is 18.5 Å². The zero-order valence-corrected chi connectivity index (χ0v) is 23.3. The first kappa shape index (κ1) is 28.3. The number of nitrogens with one attached hydrogen (secondary N) is 1. The van der Waals surface area contributed by atoms with Crippen molar-refractivity contribution in [3.05, 3.63) is 35.1 Å². The Balaban J connectivity index is 1.42. The van der Waals surface area contributed by atoms with Crippen molar-refractivity contribution in [1.82, 2.24) is 15.1 Å². The quantitative estimate of drug-likeness (QED) is 0.559. The molecule has 2 bridgehead atoms. The molecule has 2 heterocycles. The molecule has 1 aromatic rings. The van der Waals surface area contributed by atoms with Crippen molar-refractivity contribution >= 4 is 17.9 Å². The topological polar surface area (TPSA) is 105 Å². The zero-order valence-electron chi connectivity index (χ0n) is 23.3. The fourth-order valence-electron chi connectivity index (χ4n) is 6.33. The number of benzene rings is 1. The van der Waals surface area contributed by atoms with Gasteiger partial charge >= 0.3 is 6.09 Å². The molecule has 1 aliphatic carbocycles. The maximum atomic E-state index is 15.2. The molecule has 0 radical (unpaired) electrons. The number of amides is 3. The van der Waals surface area contributed by atoms with E-state index < -0.39 is 41.4 Å². The van der Waals surface area contributed by atoms with Crippen molar-refractivity contribution in [2.45, 2.75) is 109 Å². The van der Waals surface area contributed by atoms with Crippen molar-refractivity contribution in [1.29, 1.82) is 0 Å². The second-order valence-corrected chi connectivity index (χ2v) is 12.5. The smallest absolute Gasteiger partial charge is 0.411 e. The van der Waals surface area contributed by atoms with Crippen LogP contribution in [0.2, 0.25) is 0 Å². The number of halogens is 1. The molecule has 3 N–H and O–H groups in total. The Morgan fingerprint density at radius 3 is 2.39 bits per heavy atom. The molecule has 2 saturated heterocycles. The minimum Gasteiger partial charge on any atom is -0.444 e. The molecular weight excluding hydrogens is 487 g/mol. The lowest BCUT2D eigenvalue weighted by molar-refractivity contribution is -0.132. The number of hydrogen-bond acceptors (Lipinski definition) is 5. The molecule has 8 nitrogen and oxygen atoms in total. The molecule has 1 aromatic carbocycles. The van der Waals surface area contributed by atoms with Crippen LogP contribution in [-0.2, 0) is 20.7 Å². The summed E-state index contributed by atoms with van der Waals surface area (Å²) in [5, 5.41) is 2.72. The molecule has 3 unspecified atom stereocenters. The van der Waals surface area contributed by atoms with Gasteiger partial charge in [-0.3, -0.25) is 14.5 Å². The summed E-state index contributed by atoms with van der Waals surface area (Å²) in [6.45, 7) is 11.7. The zero-order chi connectivity index (χ0) is 27.8. The summed E-state index contributed by atoms with van der Waals surface area (Å²) < 4.78 is 20.7. The van der Waals surface area contributed by atoms with Crippen LogP contribution in [0.1, 0.15) is 83.8 Å². The second-order valence-electron chi connectivity index (χ2n) is 12.5. The molecular formula is C29H43FN4O4. The number of primary amides is 1. The van der Waals surface area contributed by atoms with E-state index in [2.05, 4.69) is 24.1 Å². The molecule has 1 saturated carbocycles. The minimum atomic E-state index is -1.09. The first-order valence-corrected chi connectivity index (χ1v) is 14.0. The van der Waals surface area contributed by atoms with Gasteiger partial charge in [-0.25, -0.2) is 9.18 Å². The van der Waals surface area contributed by atoms with Crippen molar-refractivity contribution < 1.29 is 23.5 Å². The Bertz CT molecular complexity index is 1050. The average molecular weight is 531 g/mol. The van der Waals surface area contributed by atoms with Crippen LogP contribution in [0.4, 0.5) is 9.18 Å². The standard InChI is InChI=1S/C29H43FN4O4/c1-17(2)33-12-10-18(11-13-33)19-6-7-20(23(30)15-19)16-24(26(31)35)32-27(36)25-21-8-9-22(14-21)34(25)28(37)38-29(3,4)5/h6-7,15,17-18,21-22,24-25H,8-14,16H2,1-5H3,(H2,31,35)(H,32,36)/t21?,22?,24-,25?/m0/s1. The van der Waals surface area contributed by atoms with Crippen molar-refractivity contribution in [2.75, 3.05) is 13.1 Å². The Morgan fingerprint density at radius 2 is 1.82 bits per heavy atom. The molecule has 210 valence electrons. The van der Waals surface area contributed by atoms with Crippen LogP contribution in [0, 0.1) is 11.7 Å². The molecule has 3 amide bonds. The summed E-state index contributed by atoms with van der Waals surface area (Å²) in [4.78, 5) is 42.5. The normalized spacial score (nSPS) is 25.0. The number of ether oxygens (including phenoxy) is 1. The van der Waals surface area contributed by atoms with Gasteiger partial charge in [0.15, 0.2) is 0 Å². The number of fused-ring (bicyclic) bond motifs is 2. The number of carbonyl (C=O) groups is 3. The monoisotopic (exact) mass is 530 g/mol. The van der Waals surface area contributed by atoms with E-state index in [9.17, 15) is 14.4 Å². The van der Waals surface area contributed by atoms with Crippen molar-refractivity contribution in [2.24, 2.45) is 11.7 Å². The van der Waals surface area contributed by atoms with Crippen molar-refractivity contribution in [3.8, 4) is 0 Å². The summed E-state index contributed by atoms with van der Waals surface area (Å²) in [6, 6.07) is 3.82. The first-order chi connectivity index (χ1) is 17.8. The molecule has 4 rings (SSSR count). The van der Waals surface area contributed by atoms with E-state index in [4.69, 9.17) is 10.5 Å². The van der Waals surface area contributed by atoms with Crippen LogP contribution >= 0.6 is 0 Å². The van der Waals surface area contributed by atoms with Crippen LogP contribution < -0.4 is 11.1 Å². The molecule has 3 aliphatic rings. The van der Waals surface area contributed by atoms with Crippen LogP contribution in [0.15, 0.2) is 18.2 Å². The summed E-state index contributed by atoms with van der Waals surface area (Å²) in [5.41, 5.74) is 6.23. The van der Waals surface area contributed by atoms with Crippen molar-refractivity contribution in [3.63, 3.8) is 0 Å². The third kappa shape index (κ3) is 6.30. The van der Waals surface area contributed by atoms with Gasteiger partial charge in [-0.2, -0.15) is 0 Å². The van der Waals surface area contributed by atoms with Gasteiger partial charge in [0.05, 0.1) is 0 Å². The van der Waals surface area contributed by atoms with Crippen LogP contribution in [0.5, 0.6) is 0 Å². The van der Waals surface area contributed by atoms with Crippen LogP contribution in [0.3, 0.4) is 0 Å². The lowest BCUT2D eigenvalue weighted by Crippen LogP contribution is -2.57. The van der Waals surface area contributed by atoms with E-state index in [1.165, 1.54) is 4.90 Å². The fourth-order valence-corrected chi connectivity index (χ4v) is 6.33. The first-order valence-electron chi connectivity index (χ1n) is 14.0. The molecule has 3 fully saturated rings. The number of carbonyl (C=O) groups excluding carboxylic acids is 3. The number of rotatable bonds is 7. The van der Waals surface area contributed by atoms with Crippen LogP contribution in [-0.4, -0.2) is 70.6 Å². The number of piperidine rings is 2. The highest BCUT2D eigenvalue weighted by Crippen LogP contribution is 2.43. The molecule has 9 heteroatoms. The SMILES string of the molecule is CC(C)N1CCC(c2ccc(C[C@H](NC(=O)C3C4CCC(C4)N3C(=O)OC(C)(C)C)C(N)=O)c(F)c2)CC1. The fraction of sp³-hybridized carbons (Fsp3) is 0.690. The molecule has 0 spiro atoms. The van der Waals surface area contributed by atoms with Gasteiger partial charge in [0.25, 0.3) is 0 Å². The van der Waals surface area contributed by atoms with E-state index in [0.717, 1.165) is 50.8 Å². The maximum Gasteiger partial charge on any atom is 0.411 e. The molecule has 4 atom stereocenters. The third-order valence-corrected chi connectivity index (χ3v) is 8.35. The average Bonchev–Trinajstić information content (AvgIpc) is 3.45. The van der Waals surface area contributed by atoms with E-state index >= 15 is 4.39 Å². The summed E-state index contributed by atoms with van der Waals surface area (Å²) in [7, 11) is 0. The van der Waals surface area contributed by atoms with Crippen LogP contribution in [0.25, 0.3) is 0 Å². The molecule has 2 aliphatic heterocycles. The Hall–Kier alpha value is -2.68. The highest BCUT2D eigenvalue weighted by atomic mass is 19.1. The molecule has 0 aromatic heterocycles. The number of nitrogens with zero attached hydrogens (tertiary/aromatic N) is 2. The number of nitrogens with two attached hydrogens (primary N) is 1. The maximum absolute atomic E-state index is 15.2. The predicted molar refractivity (Wildman–Crippen MR) is 143 cm³/mol. The predicted octanol–water partition coefficient (Wildman–Crippen LogP) is 3.71. The Labute approximate surface area is 225 Å². The van der Waals surface area contributed by atoms with Gasteiger partial charge in [-0.1, -0.05) is 12.1 Å². The van der Waals surface area contributed by atoms with E-state index in [0.29, 0.717) is 17.5 Å². The van der Waals surface area contributed by atoms with E-state index in [-0.39, 0.29) is 18.4 Å². The highest BCUT2D eigenvalue weighted by Gasteiger charge is 2.52. The van der Waals surface area contributed by atoms with E-state index in [1.54, 1.807) is 32.9 Å². The summed E-state index contributed by atoms with van der Waals surface area (Å²) in [5.74, 6) is -1.28. The minimum absolute atomic E-state index is 0.000761. The van der Waals surface area contributed by atoms with Gasteiger partial charge in [-0.05, 0) is 109 Å². The van der Waals surface area contributed by atoms with Gasteiger partial charge in [-0.15, -0.1) is 0 Å².